The van der Waals surface area contributed by atoms with Crippen LogP contribution in [0.15, 0.2) is 22.7 Å². The maximum absolute atomic E-state index is 11.8. The Balaban J connectivity index is 2.44. The molecule has 1 N–H and O–H groups in total. The summed E-state index contributed by atoms with van der Waals surface area (Å²) in [5.41, 5.74) is 2.40. The van der Waals surface area contributed by atoms with Crippen molar-refractivity contribution in [3.05, 3.63) is 33.8 Å². The van der Waals surface area contributed by atoms with E-state index in [2.05, 4.69) is 46.4 Å². The SMILES string of the molecule is CCN(CC)C(=O)CNCc1ccc(C)cc1Br. The Morgan fingerprint density at radius 2 is 2.00 bits per heavy atom. The van der Waals surface area contributed by atoms with Crippen molar-refractivity contribution >= 4 is 21.8 Å². The molecule has 1 rings (SSSR count). The monoisotopic (exact) mass is 312 g/mol. The second-order valence-corrected chi connectivity index (χ2v) is 5.12. The Morgan fingerprint density at radius 3 is 2.56 bits per heavy atom. The molecule has 3 nitrogen and oxygen atoms in total. The summed E-state index contributed by atoms with van der Waals surface area (Å²) in [6.07, 6.45) is 0. The van der Waals surface area contributed by atoms with E-state index in [1.807, 2.05) is 18.7 Å². The highest BCUT2D eigenvalue weighted by atomic mass is 79.9. The summed E-state index contributed by atoms with van der Waals surface area (Å²) in [7, 11) is 0. The average molecular weight is 313 g/mol. The number of halogens is 1. The number of rotatable bonds is 6. The molecule has 0 atom stereocenters. The molecule has 100 valence electrons. The van der Waals surface area contributed by atoms with Gasteiger partial charge in [0.2, 0.25) is 5.91 Å². The second-order valence-electron chi connectivity index (χ2n) is 4.26. The van der Waals surface area contributed by atoms with Crippen molar-refractivity contribution in [2.45, 2.75) is 27.3 Å². The maximum atomic E-state index is 11.8. The maximum Gasteiger partial charge on any atom is 0.236 e. The van der Waals surface area contributed by atoms with Gasteiger partial charge in [-0.25, -0.2) is 0 Å². The molecule has 18 heavy (non-hydrogen) atoms. The first-order chi connectivity index (χ1) is 8.58. The van der Waals surface area contributed by atoms with Gasteiger partial charge < -0.3 is 10.2 Å². The molecule has 1 aromatic rings. The quantitative estimate of drug-likeness (QED) is 0.876. The molecular weight excluding hydrogens is 292 g/mol. The molecule has 0 spiro atoms. The number of hydrogen-bond acceptors (Lipinski definition) is 2. The van der Waals surface area contributed by atoms with E-state index in [1.165, 1.54) is 11.1 Å². The molecule has 0 aliphatic heterocycles. The van der Waals surface area contributed by atoms with Gasteiger partial charge in [0, 0.05) is 24.1 Å². The van der Waals surface area contributed by atoms with Crippen molar-refractivity contribution < 1.29 is 4.79 Å². The number of benzene rings is 1. The van der Waals surface area contributed by atoms with Gasteiger partial charge in [0.05, 0.1) is 6.54 Å². The van der Waals surface area contributed by atoms with Gasteiger partial charge in [-0.3, -0.25) is 4.79 Å². The van der Waals surface area contributed by atoms with E-state index in [1.54, 1.807) is 0 Å². The van der Waals surface area contributed by atoms with Crippen LogP contribution in [0.1, 0.15) is 25.0 Å². The number of amides is 1. The minimum Gasteiger partial charge on any atom is -0.342 e. The molecule has 0 radical (unpaired) electrons. The molecular formula is C14H21BrN2O. The standard InChI is InChI=1S/C14H21BrN2O/c1-4-17(5-2)14(18)10-16-9-12-7-6-11(3)8-13(12)15/h6-8,16H,4-5,9-10H2,1-3H3. The first-order valence-electron chi connectivity index (χ1n) is 6.32. The summed E-state index contributed by atoms with van der Waals surface area (Å²) in [5.74, 6) is 0.156. The van der Waals surface area contributed by atoms with Gasteiger partial charge in [-0.1, -0.05) is 28.1 Å². The fourth-order valence-electron chi connectivity index (χ4n) is 1.79. The van der Waals surface area contributed by atoms with Crippen molar-refractivity contribution in [1.29, 1.82) is 0 Å². The molecule has 4 heteroatoms. The third-order valence-electron chi connectivity index (χ3n) is 2.92. The molecule has 1 aromatic carbocycles. The lowest BCUT2D eigenvalue weighted by molar-refractivity contribution is -0.129. The highest BCUT2D eigenvalue weighted by Gasteiger charge is 2.08. The summed E-state index contributed by atoms with van der Waals surface area (Å²) >= 11 is 3.54. The van der Waals surface area contributed by atoms with Crippen molar-refractivity contribution in [1.82, 2.24) is 10.2 Å². The van der Waals surface area contributed by atoms with E-state index in [9.17, 15) is 4.79 Å². The Bertz CT molecular complexity index is 403. The second kappa shape index (κ2) is 7.54. The molecule has 0 aliphatic rings. The first-order valence-corrected chi connectivity index (χ1v) is 7.11. The number of likely N-dealkylation sites (N-methyl/N-ethyl adjacent to an activating group) is 1. The highest BCUT2D eigenvalue weighted by Crippen LogP contribution is 2.17. The predicted molar refractivity (Wildman–Crippen MR) is 78.5 cm³/mol. The Labute approximate surface area is 118 Å². The van der Waals surface area contributed by atoms with Crippen LogP contribution in [0.25, 0.3) is 0 Å². The number of aryl methyl sites for hydroxylation is 1. The summed E-state index contributed by atoms with van der Waals surface area (Å²) in [5, 5.41) is 3.19. The lowest BCUT2D eigenvalue weighted by Gasteiger charge is -2.18. The van der Waals surface area contributed by atoms with Crippen molar-refractivity contribution in [2.24, 2.45) is 0 Å². The summed E-state index contributed by atoms with van der Waals surface area (Å²) < 4.78 is 1.09. The lowest BCUT2D eigenvalue weighted by Crippen LogP contribution is -2.37. The van der Waals surface area contributed by atoms with Crippen molar-refractivity contribution in [3.63, 3.8) is 0 Å². The minimum absolute atomic E-state index is 0.156. The van der Waals surface area contributed by atoms with Gasteiger partial charge in [-0.2, -0.15) is 0 Å². The van der Waals surface area contributed by atoms with Gasteiger partial charge in [-0.15, -0.1) is 0 Å². The molecule has 0 heterocycles. The van der Waals surface area contributed by atoms with Crippen LogP contribution in [0, 0.1) is 6.92 Å². The van der Waals surface area contributed by atoms with Gasteiger partial charge in [-0.05, 0) is 38.0 Å². The lowest BCUT2D eigenvalue weighted by atomic mass is 10.1. The fourth-order valence-corrected chi connectivity index (χ4v) is 2.42. The Kier molecular flexibility index (Phi) is 6.36. The van der Waals surface area contributed by atoms with Gasteiger partial charge in [0.1, 0.15) is 0 Å². The van der Waals surface area contributed by atoms with E-state index in [4.69, 9.17) is 0 Å². The van der Waals surface area contributed by atoms with E-state index in [0.29, 0.717) is 13.1 Å². The normalized spacial score (nSPS) is 10.4. The van der Waals surface area contributed by atoms with Crippen LogP contribution in [0.2, 0.25) is 0 Å². The van der Waals surface area contributed by atoms with Crippen molar-refractivity contribution in [2.75, 3.05) is 19.6 Å². The summed E-state index contributed by atoms with van der Waals surface area (Å²) in [4.78, 5) is 13.6. The molecule has 0 fully saturated rings. The molecule has 0 bridgehead atoms. The van der Waals surface area contributed by atoms with E-state index >= 15 is 0 Å². The minimum atomic E-state index is 0.156. The van der Waals surface area contributed by atoms with Crippen LogP contribution >= 0.6 is 15.9 Å². The van der Waals surface area contributed by atoms with Crippen LogP contribution in [-0.2, 0) is 11.3 Å². The van der Waals surface area contributed by atoms with Crippen LogP contribution in [0.4, 0.5) is 0 Å². The third kappa shape index (κ3) is 4.42. The van der Waals surface area contributed by atoms with E-state index in [0.717, 1.165) is 17.6 Å². The third-order valence-corrected chi connectivity index (χ3v) is 3.65. The molecule has 0 saturated carbocycles. The number of carbonyl (C=O) groups is 1. The fraction of sp³-hybridized carbons (Fsp3) is 0.500. The smallest absolute Gasteiger partial charge is 0.236 e. The zero-order valence-corrected chi connectivity index (χ0v) is 12.9. The Morgan fingerprint density at radius 1 is 1.33 bits per heavy atom. The van der Waals surface area contributed by atoms with E-state index < -0.39 is 0 Å². The van der Waals surface area contributed by atoms with Crippen LogP contribution in [0.3, 0.4) is 0 Å². The summed E-state index contributed by atoms with van der Waals surface area (Å²) in [6.45, 7) is 8.69. The zero-order chi connectivity index (χ0) is 13.5. The largest absolute Gasteiger partial charge is 0.342 e. The molecule has 0 saturated heterocycles. The Hall–Kier alpha value is -0.870. The first kappa shape index (κ1) is 15.2. The average Bonchev–Trinajstić information content (AvgIpc) is 2.33. The highest BCUT2D eigenvalue weighted by molar-refractivity contribution is 9.10. The number of carbonyl (C=O) groups excluding carboxylic acids is 1. The van der Waals surface area contributed by atoms with Gasteiger partial charge >= 0.3 is 0 Å². The van der Waals surface area contributed by atoms with Crippen LogP contribution in [-0.4, -0.2) is 30.4 Å². The number of nitrogens with zero attached hydrogens (tertiary/aromatic N) is 1. The van der Waals surface area contributed by atoms with Crippen LogP contribution < -0.4 is 5.32 Å². The topological polar surface area (TPSA) is 32.3 Å². The van der Waals surface area contributed by atoms with E-state index in [-0.39, 0.29) is 5.91 Å². The van der Waals surface area contributed by atoms with Crippen molar-refractivity contribution in [3.8, 4) is 0 Å². The predicted octanol–water partition coefficient (Wildman–Crippen LogP) is 2.72. The molecule has 1 amide bonds. The number of hydrogen-bond donors (Lipinski definition) is 1. The zero-order valence-electron chi connectivity index (χ0n) is 11.3. The van der Waals surface area contributed by atoms with Gasteiger partial charge in [0.15, 0.2) is 0 Å². The molecule has 0 unspecified atom stereocenters. The summed E-state index contributed by atoms with van der Waals surface area (Å²) in [6, 6.07) is 6.24. The molecule has 0 aromatic heterocycles. The van der Waals surface area contributed by atoms with Crippen LogP contribution in [0.5, 0.6) is 0 Å². The van der Waals surface area contributed by atoms with Gasteiger partial charge in [0.25, 0.3) is 0 Å². The number of nitrogens with one attached hydrogen (secondary N) is 1. The molecule has 0 aliphatic carbocycles.